The number of ketones is 1. The molecular formula is C31H29F3N2O3. The maximum absolute atomic E-state index is 13.6. The van der Waals surface area contributed by atoms with Crippen LogP contribution in [0.25, 0.3) is 33.4 Å². The average Bonchev–Trinajstić information content (AvgIpc) is 3.30. The molecule has 5 nitrogen and oxygen atoms in total. The third kappa shape index (κ3) is 4.91. The standard InChI is InChI=1S/C31H29F3N2O3/c1-4-26(37)28-24-15-23(20-8-7-9-21(14-20)30(38)36-17-31(33,34)18-36)25(35(5-2)6-3)16-27(24)39-29(28)19-10-12-22(32)13-11-19/h7-16H,4-6,17-18H2,1-3H3. The Morgan fingerprint density at radius 1 is 0.949 bits per heavy atom. The van der Waals surface area contributed by atoms with Gasteiger partial charge in [-0.3, -0.25) is 9.59 Å². The molecule has 0 radical (unpaired) electrons. The number of hydrogen-bond acceptors (Lipinski definition) is 4. The van der Waals surface area contributed by atoms with E-state index in [2.05, 4.69) is 4.90 Å². The number of halogens is 3. The van der Waals surface area contributed by atoms with Crippen molar-refractivity contribution in [1.29, 1.82) is 0 Å². The zero-order chi connectivity index (χ0) is 27.9. The van der Waals surface area contributed by atoms with E-state index in [0.717, 1.165) is 21.7 Å². The average molecular weight is 535 g/mol. The van der Waals surface area contributed by atoms with Gasteiger partial charge in [0.05, 0.1) is 18.7 Å². The number of furan rings is 1. The van der Waals surface area contributed by atoms with Crippen molar-refractivity contribution in [2.75, 3.05) is 31.1 Å². The van der Waals surface area contributed by atoms with E-state index < -0.39 is 24.9 Å². The molecule has 0 spiro atoms. The van der Waals surface area contributed by atoms with Gasteiger partial charge in [0.1, 0.15) is 17.2 Å². The van der Waals surface area contributed by atoms with E-state index in [9.17, 15) is 22.8 Å². The lowest BCUT2D eigenvalue weighted by molar-refractivity contribution is -0.113. The molecule has 1 aliphatic heterocycles. The molecule has 1 amide bonds. The highest BCUT2D eigenvalue weighted by Crippen LogP contribution is 2.42. The van der Waals surface area contributed by atoms with Gasteiger partial charge in [0.15, 0.2) is 5.78 Å². The molecule has 1 fully saturated rings. The molecule has 8 heteroatoms. The Balaban J connectivity index is 1.69. The number of Topliss-reactive ketones (excluding diaryl/α,β-unsaturated/α-hetero) is 1. The van der Waals surface area contributed by atoms with Gasteiger partial charge < -0.3 is 14.2 Å². The molecule has 39 heavy (non-hydrogen) atoms. The highest BCUT2D eigenvalue weighted by Gasteiger charge is 2.46. The number of rotatable bonds is 8. The molecule has 0 atom stereocenters. The Morgan fingerprint density at radius 2 is 1.64 bits per heavy atom. The number of benzene rings is 3. The van der Waals surface area contributed by atoms with E-state index >= 15 is 0 Å². The molecule has 4 aromatic rings. The molecule has 0 N–H and O–H groups in total. The molecule has 5 rings (SSSR count). The third-order valence-electron chi connectivity index (χ3n) is 7.17. The van der Waals surface area contributed by atoms with Crippen molar-refractivity contribution in [2.45, 2.75) is 33.1 Å². The van der Waals surface area contributed by atoms with Gasteiger partial charge in [-0.1, -0.05) is 19.1 Å². The quantitative estimate of drug-likeness (QED) is 0.221. The van der Waals surface area contributed by atoms with Crippen LogP contribution in [0.5, 0.6) is 0 Å². The Hall–Kier alpha value is -4.07. The van der Waals surface area contributed by atoms with Crippen LogP contribution in [0.4, 0.5) is 18.9 Å². The number of carbonyl (C=O) groups excluding carboxylic acids is 2. The predicted molar refractivity (Wildman–Crippen MR) is 146 cm³/mol. The molecule has 3 aromatic carbocycles. The topological polar surface area (TPSA) is 53.8 Å². The van der Waals surface area contributed by atoms with Gasteiger partial charge in [0.2, 0.25) is 0 Å². The van der Waals surface area contributed by atoms with Gasteiger partial charge in [0, 0.05) is 53.3 Å². The van der Waals surface area contributed by atoms with E-state index in [0.29, 0.717) is 46.5 Å². The maximum Gasteiger partial charge on any atom is 0.282 e. The van der Waals surface area contributed by atoms with Crippen LogP contribution in [0, 0.1) is 5.82 Å². The van der Waals surface area contributed by atoms with Crippen LogP contribution >= 0.6 is 0 Å². The molecular weight excluding hydrogens is 505 g/mol. The Morgan fingerprint density at radius 3 is 2.26 bits per heavy atom. The van der Waals surface area contributed by atoms with Crippen LogP contribution in [-0.4, -0.2) is 48.7 Å². The van der Waals surface area contributed by atoms with Gasteiger partial charge >= 0.3 is 0 Å². The third-order valence-corrected chi connectivity index (χ3v) is 7.17. The van der Waals surface area contributed by atoms with Gasteiger partial charge in [-0.2, -0.15) is 0 Å². The number of fused-ring (bicyclic) bond motifs is 1. The Labute approximate surface area is 224 Å². The normalized spacial score (nSPS) is 14.4. The lowest BCUT2D eigenvalue weighted by atomic mass is 9.95. The summed E-state index contributed by atoms with van der Waals surface area (Å²) < 4.78 is 46.7. The first kappa shape index (κ1) is 26.5. The summed E-state index contributed by atoms with van der Waals surface area (Å²) in [5.74, 6) is -3.42. The molecule has 0 unspecified atom stereocenters. The summed E-state index contributed by atoms with van der Waals surface area (Å²) in [5, 5.41) is 0.617. The van der Waals surface area contributed by atoms with Crippen LogP contribution in [0.3, 0.4) is 0 Å². The number of anilines is 1. The molecule has 1 saturated heterocycles. The van der Waals surface area contributed by atoms with Crippen molar-refractivity contribution < 1.29 is 27.2 Å². The number of hydrogen-bond donors (Lipinski definition) is 0. The van der Waals surface area contributed by atoms with Crippen LogP contribution in [-0.2, 0) is 0 Å². The van der Waals surface area contributed by atoms with E-state index in [1.807, 2.05) is 32.0 Å². The molecule has 0 aliphatic carbocycles. The van der Waals surface area contributed by atoms with E-state index in [1.54, 1.807) is 37.3 Å². The number of nitrogens with zero attached hydrogens (tertiary/aromatic N) is 2. The minimum absolute atomic E-state index is 0.114. The molecule has 0 bridgehead atoms. The monoisotopic (exact) mass is 534 g/mol. The highest BCUT2D eigenvalue weighted by atomic mass is 19.3. The smallest absolute Gasteiger partial charge is 0.282 e. The first-order valence-electron chi connectivity index (χ1n) is 13.1. The van der Waals surface area contributed by atoms with Gasteiger partial charge in [-0.05, 0) is 61.9 Å². The molecule has 1 aromatic heterocycles. The maximum atomic E-state index is 13.6. The van der Waals surface area contributed by atoms with Crippen LogP contribution in [0.2, 0.25) is 0 Å². The zero-order valence-electron chi connectivity index (χ0n) is 22.1. The number of carbonyl (C=O) groups is 2. The van der Waals surface area contributed by atoms with E-state index in [4.69, 9.17) is 4.42 Å². The summed E-state index contributed by atoms with van der Waals surface area (Å²) in [4.78, 5) is 29.4. The number of amides is 1. The predicted octanol–water partition coefficient (Wildman–Crippen LogP) is 7.44. The first-order chi connectivity index (χ1) is 18.7. The zero-order valence-corrected chi connectivity index (χ0v) is 22.1. The summed E-state index contributed by atoms with van der Waals surface area (Å²) >= 11 is 0. The Bertz CT molecular complexity index is 1550. The van der Waals surface area contributed by atoms with Crippen LogP contribution in [0.15, 0.2) is 65.1 Å². The number of likely N-dealkylation sites (tertiary alicyclic amines) is 1. The highest BCUT2D eigenvalue weighted by molar-refractivity contribution is 6.13. The summed E-state index contributed by atoms with van der Waals surface area (Å²) in [6, 6.07) is 16.5. The minimum Gasteiger partial charge on any atom is -0.455 e. The number of alkyl halides is 2. The van der Waals surface area contributed by atoms with Gasteiger partial charge in [-0.15, -0.1) is 0 Å². The summed E-state index contributed by atoms with van der Waals surface area (Å²) in [6.07, 6.45) is 0.250. The van der Waals surface area contributed by atoms with E-state index in [1.165, 1.54) is 12.1 Å². The van der Waals surface area contributed by atoms with Crippen LogP contribution in [0.1, 0.15) is 47.9 Å². The minimum atomic E-state index is -2.85. The molecule has 2 heterocycles. The molecule has 202 valence electrons. The van der Waals surface area contributed by atoms with Crippen molar-refractivity contribution in [2.24, 2.45) is 0 Å². The van der Waals surface area contributed by atoms with Crippen molar-refractivity contribution in [3.8, 4) is 22.5 Å². The second kappa shape index (κ2) is 10.2. The van der Waals surface area contributed by atoms with Crippen LogP contribution < -0.4 is 4.90 Å². The van der Waals surface area contributed by atoms with Gasteiger partial charge in [-0.25, -0.2) is 13.2 Å². The fourth-order valence-electron chi connectivity index (χ4n) is 5.11. The summed E-state index contributed by atoms with van der Waals surface area (Å²) in [7, 11) is 0. The largest absolute Gasteiger partial charge is 0.455 e. The van der Waals surface area contributed by atoms with E-state index in [-0.39, 0.29) is 18.0 Å². The fourth-order valence-corrected chi connectivity index (χ4v) is 5.11. The van der Waals surface area contributed by atoms with Crippen molar-refractivity contribution >= 4 is 28.3 Å². The second-order valence-corrected chi connectivity index (χ2v) is 9.73. The van der Waals surface area contributed by atoms with Crippen molar-refractivity contribution in [1.82, 2.24) is 4.90 Å². The fraction of sp³-hybridized carbons (Fsp3) is 0.290. The molecule has 0 saturated carbocycles. The summed E-state index contributed by atoms with van der Waals surface area (Å²) in [6.45, 7) is 6.05. The lowest BCUT2D eigenvalue weighted by Crippen LogP contribution is -2.58. The summed E-state index contributed by atoms with van der Waals surface area (Å²) in [5.41, 5.74) is 4.20. The van der Waals surface area contributed by atoms with Crippen molar-refractivity contribution in [3.63, 3.8) is 0 Å². The Kier molecular flexibility index (Phi) is 6.97. The molecule has 1 aliphatic rings. The first-order valence-corrected chi connectivity index (χ1v) is 13.1. The van der Waals surface area contributed by atoms with Gasteiger partial charge in [0.25, 0.3) is 11.8 Å². The lowest BCUT2D eigenvalue weighted by Gasteiger charge is -2.38. The second-order valence-electron chi connectivity index (χ2n) is 9.73. The SMILES string of the molecule is CCC(=O)c1c(-c2ccc(F)cc2)oc2cc(N(CC)CC)c(-c3cccc(C(=O)N4CC(F)(F)C4)c3)cc12. The van der Waals surface area contributed by atoms with Crippen molar-refractivity contribution in [3.05, 3.63) is 77.6 Å².